The van der Waals surface area contributed by atoms with Crippen LogP contribution in [-0.2, 0) is 9.47 Å². The second-order valence-corrected chi connectivity index (χ2v) is 4.58. The lowest BCUT2D eigenvalue weighted by atomic mass is 10.1. The Morgan fingerprint density at radius 2 is 2.23 bits per heavy atom. The maximum atomic E-state index is 11.9. The molecule has 122 valence electrons. The average Bonchev–Trinajstić information content (AvgIpc) is 2.75. The third-order valence-corrected chi connectivity index (χ3v) is 3.13. The van der Waals surface area contributed by atoms with E-state index < -0.39 is 42.9 Å². The number of aliphatic hydroxyl groups is 3. The molecule has 1 fully saturated rings. The first-order valence-electron chi connectivity index (χ1n) is 6.63. The molecule has 2 rings (SSSR count). The van der Waals surface area contributed by atoms with Crippen molar-refractivity contribution in [2.24, 2.45) is 0 Å². The Hall–Kier alpha value is -2.01. The predicted molar refractivity (Wildman–Crippen MR) is 72.2 cm³/mol. The molecule has 1 aliphatic rings. The molecule has 0 aliphatic carbocycles. The van der Waals surface area contributed by atoms with E-state index in [0.717, 1.165) is 4.57 Å². The number of hydrogen-bond acceptors (Lipinski definition) is 8. The Labute approximate surface area is 124 Å². The maximum absolute atomic E-state index is 11.9. The van der Waals surface area contributed by atoms with E-state index in [1.165, 1.54) is 12.3 Å². The molecule has 0 saturated carbocycles. The summed E-state index contributed by atoms with van der Waals surface area (Å²) in [6.07, 6.45) is -4.38. The molecule has 1 aromatic rings. The topological polar surface area (TPSA) is 143 Å². The van der Waals surface area contributed by atoms with E-state index in [-0.39, 0.29) is 12.4 Å². The molecule has 10 nitrogen and oxygen atoms in total. The number of anilines is 1. The van der Waals surface area contributed by atoms with E-state index in [1.807, 2.05) is 0 Å². The van der Waals surface area contributed by atoms with Crippen molar-refractivity contribution in [1.82, 2.24) is 9.55 Å². The third-order valence-electron chi connectivity index (χ3n) is 3.13. The van der Waals surface area contributed by atoms with Crippen molar-refractivity contribution in [3.63, 3.8) is 0 Å². The summed E-state index contributed by atoms with van der Waals surface area (Å²) in [4.78, 5) is 26.8. The van der Waals surface area contributed by atoms with Crippen LogP contribution in [0.25, 0.3) is 0 Å². The van der Waals surface area contributed by atoms with Gasteiger partial charge in [-0.3, -0.25) is 9.88 Å². The molecule has 1 saturated heterocycles. The zero-order chi connectivity index (χ0) is 16.3. The molecule has 1 amide bonds. The van der Waals surface area contributed by atoms with E-state index in [4.69, 9.17) is 9.84 Å². The highest BCUT2D eigenvalue weighted by Crippen LogP contribution is 2.28. The largest absolute Gasteiger partial charge is 0.450 e. The number of carbonyl (C=O) groups excluding carboxylic acids is 1. The molecule has 2 heterocycles. The fraction of sp³-hybridized carbons (Fsp3) is 0.583. The standard InChI is InChI=1S/C12H17N3O7/c1-2-21-12(20)14-7-3-4-15(11(19)13-7)10-9(18)8(17)6(5-16)22-10/h3-4,6,8-10,16-18H,2,5H2,1H3,(H,13,14,19,20)/t6-,8-,9-,10-/m1/s1. The van der Waals surface area contributed by atoms with Gasteiger partial charge in [0.1, 0.15) is 24.1 Å². The monoisotopic (exact) mass is 315 g/mol. The highest BCUT2D eigenvalue weighted by Gasteiger charge is 2.43. The average molecular weight is 315 g/mol. The van der Waals surface area contributed by atoms with Crippen LogP contribution in [0.1, 0.15) is 13.2 Å². The highest BCUT2D eigenvalue weighted by molar-refractivity contribution is 5.83. The summed E-state index contributed by atoms with van der Waals surface area (Å²) in [6.45, 7) is 1.30. The second kappa shape index (κ2) is 6.83. The smallest absolute Gasteiger partial charge is 0.412 e. The molecule has 22 heavy (non-hydrogen) atoms. The lowest BCUT2D eigenvalue weighted by molar-refractivity contribution is -0.0549. The van der Waals surface area contributed by atoms with E-state index in [2.05, 4.69) is 15.0 Å². The number of rotatable bonds is 4. The van der Waals surface area contributed by atoms with E-state index >= 15 is 0 Å². The molecule has 0 spiro atoms. The summed E-state index contributed by atoms with van der Waals surface area (Å²) in [5.41, 5.74) is -0.802. The number of amides is 1. The van der Waals surface area contributed by atoms with Crippen LogP contribution in [0.4, 0.5) is 10.6 Å². The lowest BCUT2D eigenvalue weighted by Crippen LogP contribution is -2.36. The molecule has 4 N–H and O–H groups in total. The zero-order valence-electron chi connectivity index (χ0n) is 11.7. The van der Waals surface area contributed by atoms with Gasteiger partial charge in [-0.25, -0.2) is 9.59 Å². The molecular weight excluding hydrogens is 298 g/mol. The van der Waals surface area contributed by atoms with Crippen LogP contribution >= 0.6 is 0 Å². The van der Waals surface area contributed by atoms with Crippen molar-refractivity contribution in [2.45, 2.75) is 31.5 Å². The number of aliphatic hydroxyl groups excluding tert-OH is 3. The minimum atomic E-state index is -1.39. The van der Waals surface area contributed by atoms with Gasteiger partial charge in [0.05, 0.1) is 13.2 Å². The van der Waals surface area contributed by atoms with E-state index in [0.29, 0.717) is 0 Å². The summed E-state index contributed by atoms with van der Waals surface area (Å²) < 4.78 is 10.8. The summed E-state index contributed by atoms with van der Waals surface area (Å²) >= 11 is 0. The SMILES string of the molecule is CCOC(=O)Nc1ccn([C@@H]2O[C@H](CO)[C@@H](O)[C@H]2O)c(=O)n1. The number of hydrogen-bond donors (Lipinski definition) is 4. The molecule has 0 unspecified atom stereocenters. The highest BCUT2D eigenvalue weighted by atomic mass is 16.6. The van der Waals surface area contributed by atoms with Crippen molar-refractivity contribution in [2.75, 3.05) is 18.5 Å². The van der Waals surface area contributed by atoms with Gasteiger partial charge in [-0.1, -0.05) is 0 Å². The Morgan fingerprint density at radius 3 is 2.77 bits per heavy atom. The minimum absolute atomic E-state index is 0.0218. The van der Waals surface area contributed by atoms with Crippen LogP contribution in [0.3, 0.4) is 0 Å². The molecule has 0 bridgehead atoms. The summed E-state index contributed by atoms with van der Waals surface area (Å²) in [7, 11) is 0. The molecule has 4 atom stereocenters. The lowest BCUT2D eigenvalue weighted by Gasteiger charge is -2.17. The second-order valence-electron chi connectivity index (χ2n) is 4.58. The van der Waals surface area contributed by atoms with Crippen LogP contribution in [0.15, 0.2) is 17.1 Å². The van der Waals surface area contributed by atoms with Gasteiger partial charge in [0.2, 0.25) is 0 Å². The number of nitrogens with zero attached hydrogens (tertiary/aromatic N) is 2. The number of ether oxygens (including phenoxy) is 2. The van der Waals surface area contributed by atoms with Crippen molar-refractivity contribution < 1.29 is 29.6 Å². The van der Waals surface area contributed by atoms with Gasteiger partial charge in [-0.05, 0) is 13.0 Å². The van der Waals surface area contributed by atoms with Crippen molar-refractivity contribution in [3.8, 4) is 0 Å². The van der Waals surface area contributed by atoms with Gasteiger partial charge in [-0.2, -0.15) is 4.98 Å². The Kier molecular flexibility index (Phi) is 5.08. The molecule has 0 aromatic carbocycles. The van der Waals surface area contributed by atoms with Crippen LogP contribution < -0.4 is 11.0 Å². The summed E-state index contributed by atoms with van der Waals surface area (Å²) in [5.74, 6) is -0.0218. The van der Waals surface area contributed by atoms with Crippen molar-refractivity contribution in [3.05, 3.63) is 22.7 Å². The first-order chi connectivity index (χ1) is 10.5. The Morgan fingerprint density at radius 1 is 1.50 bits per heavy atom. The fourth-order valence-corrected chi connectivity index (χ4v) is 2.06. The van der Waals surface area contributed by atoms with Gasteiger partial charge in [0.15, 0.2) is 6.23 Å². The first kappa shape index (κ1) is 16.4. The Balaban J connectivity index is 2.17. The number of aromatic nitrogens is 2. The molecule has 1 aliphatic heterocycles. The number of nitrogens with one attached hydrogen (secondary N) is 1. The van der Waals surface area contributed by atoms with Crippen molar-refractivity contribution >= 4 is 11.9 Å². The zero-order valence-corrected chi connectivity index (χ0v) is 11.7. The van der Waals surface area contributed by atoms with Crippen LogP contribution in [-0.4, -0.2) is 62.5 Å². The molecule has 10 heteroatoms. The normalized spacial score (nSPS) is 27.6. The van der Waals surface area contributed by atoms with Crippen LogP contribution in [0, 0.1) is 0 Å². The number of carbonyl (C=O) groups is 1. The minimum Gasteiger partial charge on any atom is -0.450 e. The van der Waals surface area contributed by atoms with E-state index in [1.54, 1.807) is 6.92 Å². The fourth-order valence-electron chi connectivity index (χ4n) is 2.06. The third kappa shape index (κ3) is 3.25. The molecule has 0 radical (unpaired) electrons. The maximum Gasteiger partial charge on any atom is 0.412 e. The Bertz CT molecular complexity index is 590. The molecular formula is C12H17N3O7. The quantitative estimate of drug-likeness (QED) is 0.521. The van der Waals surface area contributed by atoms with Gasteiger partial charge in [0, 0.05) is 6.20 Å². The van der Waals surface area contributed by atoms with Gasteiger partial charge in [-0.15, -0.1) is 0 Å². The predicted octanol–water partition coefficient (Wildman–Crippen LogP) is -1.58. The summed E-state index contributed by atoms with van der Waals surface area (Å²) in [5, 5.41) is 30.8. The first-order valence-corrected chi connectivity index (χ1v) is 6.63. The molecule has 1 aromatic heterocycles. The van der Waals surface area contributed by atoms with E-state index in [9.17, 15) is 19.8 Å². The van der Waals surface area contributed by atoms with Crippen molar-refractivity contribution in [1.29, 1.82) is 0 Å². The van der Waals surface area contributed by atoms with Gasteiger partial charge in [0.25, 0.3) is 0 Å². The van der Waals surface area contributed by atoms with Crippen LogP contribution in [0.5, 0.6) is 0 Å². The summed E-state index contributed by atoms with van der Waals surface area (Å²) in [6, 6.07) is 1.31. The van der Waals surface area contributed by atoms with Gasteiger partial charge < -0.3 is 24.8 Å². The van der Waals surface area contributed by atoms with Gasteiger partial charge >= 0.3 is 11.8 Å². The van der Waals surface area contributed by atoms with Crippen LogP contribution in [0.2, 0.25) is 0 Å².